The van der Waals surface area contributed by atoms with Crippen LogP contribution in [-0.2, 0) is 0 Å². The number of carbonyl (C=O) groups excluding carboxylic acids is 1. The number of amides is 1. The molecule has 0 aromatic carbocycles. The number of nitro groups is 1. The summed E-state index contributed by atoms with van der Waals surface area (Å²) in [6.07, 6.45) is 0. The molecule has 1 fully saturated rings. The van der Waals surface area contributed by atoms with Crippen molar-refractivity contribution in [1.82, 2.24) is 9.88 Å². The van der Waals surface area contributed by atoms with Crippen molar-refractivity contribution in [2.24, 2.45) is 0 Å². The molecule has 2 rings (SSSR count). The molecular weight excluding hydrogens is 214 g/mol. The SMILES string of the molecule is CC1(O)CN(C(=O)c2ccc([N+](=O)[O-])[nH]2)C1. The average Bonchev–Trinajstić information content (AvgIpc) is 2.61. The van der Waals surface area contributed by atoms with Gasteiger partial charge in [-0.05, 0) is 17.9 Å². The van der Waals surface area contributed by atoms with Crippen molar-refractivity contribution in [3.8, 4) is 0 Å². The lowest BCUT2D eigenvalue weighted by molar-refractivity contribution is -0.389. The van der Waals surface area contributed by atoms with E-state index >= 15 is 0 Å². The number of H-pyrrole nitrogens is 1. The molecule has 0 radical (unpaired) electrons. The summed E-state index contributed by atoms with van der Waals surface area (Å²) in [5, 5.41) is 19.9. The molecule has 86 valence electrons. The third kappa shape index (κ3) is 1.76. The highest BCUT2D eigenvalue weighted by Gasteiger charge is 2.40. The highest BCUT2D eigenvalue weighted by molar-refractivity contribution is 5.93. The minimum Gasteiger partial charge on any atom is -0.386 e. The second-order valence-corrected chi connectivity index (χ2v) is 4.17. The lowest BCUT2D eigenvalue weighted by Gasteiger charge is -2.43. The number of aromatic amines is 1. The predicted octanol–water partition coefficient (Wildman–Crippen LogP) is 0.130. The van der Waals surface area contributed by atoms with Gasteiger partial charge in [-0.2, -0.15) is 0 Å². The van der Waals surface area contributed by atoms with Crippen LogP contribution in [0.25, 0.3) is 0 Å². The topological polar surface area (TPSA) is 99.5 Å². The van der Waals surface area contributed by atoms with Gasteiger partial charge in [0.1, 0.15) is 0 Å². The van der Waals surface area contributed by atoms with Crippen LogP contribution in [0.3, 0.4) is 0 Å². The van der Waals surface area contributed by atoms with Gasteiger partial charge in [-0.25, -0.2) is 4.98 Å². The number of rotatable bonds is 2. The molecule has 1 saturated heterocycles. The molecule has 16 heavy (non-hydrogen) atoms. The Balaban J connectivity index is 2.08. The van der Waals surface area contributed by atoms with Crippen molar-refractivity contribution in [2.75, 3.05) is 13.1 Å². The minimum absolute atomic E-state index is 0.169. The molecule has 1 aromatic heterocycles. The fourth-order valence-corrected chi connectivity index (χ4v) is 1.70. The third-order valence-corrected chi connectivity index (χ3v) is 2.45. The summed E-state index contributed by atoms with van der Waals surface area (Å²) in [7, 11) is 0. The second kappa shape index (κ2) is 3.31. The zero-order valence-corrected chi connectivity index (χ0v) is 8.64. The number of hydrogen-bond donors (Lipinski definition) is 2. The van der Waals surface area contributed by atoms with Crippen molar-refractivity contribution in [2.45, 2.75) is 12.5 Å². The third-order valence-electron chi connectivity index (χ3n) is 2.45. The summed E-state index contributed by atoms with van der Waals surface area (Å²) in [6, 6.07) is 2.61. The van der Waals surface area contributed by atoms with Crippen LogP contribution in [0.2, 0.25) is 0 Å². The number of carbonyl (C=O) groups is 1. The van der Waals surface area contributed by atoms with Gasteiger partial charge < -0.3 is 20.1 Å². The monoisotopic (exact) mass is 225 g/mol. The quantitative estimate of drug-likeness (QED) is 0.552. The molecule has 1 aliphatic rings. The van der Waals surface area contributed by atoms with E-state index in [2.05, 4.69) is 4.98 Å². The van der Waals surface area contributed by atoms with Gasteiger partial charge in [-0.15, -0.1) is 0 Å². The molecule has 0 spiro atoms. The summed E-state index contributed by atoms with van der Waals surface area (Å²) in [4.78, 5) is 25.4. The first-order valence-electron chi connectivity index (χ1n) is 4.74. The van der Waals surface area contributed by atoms with Gasteiger partial charge >= 0.3 is 5.82 Å². The minimum atomic E-state index is -0.839. The van der Waals surface area contributed by atoms with Gasteiger partial charge in [0, 0.05) is 6.07 Å². The Kier molecular flexibility index (Phi) is 2.20. The van der Waals surface area contributed by atoms with Crippen LogP contribution in [-0.4, -0.2) is 44.5 Å². The molecule has 0 bridgehead atoms. The van der Waals surface area contributed by atoms with Crippen molar-refractivity contribution >= 4 is 11.7 Å². The summed E-state index contributed by atoms with van der Waals surface area (Å²) in [6.45, 7) is 2.13. The number of aromatic nitrogens is 1. The maximum Gasteiger partial charge on any atom is 0.321 e. The summed E-state index contributed by atoms with van der Waals surface area (Å²) in [5.74, 6) is -0.546. The average molecular weight is 225 g/mol. The molecule has 7 heteroatoms. The Bertz CT molecular complexity index is 443. The molecular formula is C9H11N3O4. The highest BCUT2D eigenvalue weighted by atomic mass is 16.6. The molecule has 7 nitrogen and oxygen atoms in total. The first-order valence-corrected chi connectivity index (χ1v) is 4.74. The number of aliphatic hydroxyl groups is 1. The Hall–Kier alpha value is -1.89. The molecule has 0 aliphatic carbocycles. The zero-order valence-electron chi connectivity index (χ0n) is 8.64. The van der Waals surface area contributed by atoms with Crippen LogP contribution in [0.15, 0.2) is 12.1 Å². The maximum atomic E-state index is 11.7. The van der Waals surface area contributed by atoms with E-state index in [1.807, 2.05) is 0 Å². The zero-order chi connectivity index (χ0) is 11.9. The van der Waals surface area contributed by atoms with Gasteiger partial charge in [0.15, 0.2) is 5.69 Å². The van der Waals surface area contributed by atoms with E-state index in [1.54, 1.807) is 6.92 Å². The molecule has 1 aromatic rings. The first-order chi connectivity index (χ1) is 7.39. The molecule has 0 saturated carbocycles. The van der Waals surface area contributed by atoms with Crippen LogP contribution in [0.4, 0.5) is 5.82 Å². The predicted molar refractivity (Wildman–Crippen MR) is 54.0 cm³/mol. The number of nitrogens with zero attached hydrogens (tertiary/aromatic N) is 2. The van der Waals surface area contributed by atoms with Crippen LogP contribution < -0.4 is 0 Å². The Morgan fingerprint density at radius 1 is 1.62 bits per heavy atom. The Morgan fingerprint density at radius 2 is 2.25 bits per heavy atom. The van der Waals surface area contributed by atoms with E-state index in [1.165, 1.54) is 17.0 Å². The van der Waals surface area contributed by atoms with Crippen LogP contribution in [0, 0.1) is 10.1 Å². The Labute approximate surface area is 90.8 Å². The molecule has 2 heterocycles. The summed E-state index contributed by atoms with van der Waals surface area (Å²) < 4.78 is 0. The molecule has 1 amide bonds. The van der Waals surface area contributed by atoms with Crippen molar-refractivity contribution in [1.29, 1.82) is 0 Å². The van der Waals surface area contributed by atoms with Gasteiger partial charge in [0.05, 0.1) is 18.7 Å². The smallest absolute Gasteiger partial charge is 0.321 e. The molecule has 0 atom stereocenters. The molecule has 2 N–H and O–H groups in total. The summed E-state index contributed by atoms with van der Waals surface area (Å²) in [5.41, 5.74) is -0.670. The lowest BCUT2D eigenvalue weighted by Crippen LogP contribution is -2.61. The highest BCUT2D eigenvalue weighted by Crippen LogP contribution is 2.22. The van der Waals surface area contributed by atoms with Gasteiger partial charge in [0.25, 0.3) is 5.91 Å². The number of β-amino-alcohol motifs (C(OH)–C–C–N with tert-alkyl or cyclic N) is 1. The van der Waals surface area contributed by atoms with E-state index in [0.29, 0.717) is 0 Å². The fourth-order valence-electron chi connectivity index (χ4n) is 1.70. The largest absolute Gasteiger partial charge is 0.386 e. The van der Waals surface area contributed by atoms with Crippen LogP contribution in [0.1, 0.15) is 17.4 Å². The number of nitrogens with one attached hydrogen (secondary N) is 1. The second-order valence-electron chi connectivity index (χ2n) is 4.17. The normalized spacial score (nSPS) is 18.0. The fraction of sp³-hybridized carbons (Fsp3) is 0.444. The van der Waals surface area contributed by atoms with Crippen molar-refractivity contribution in [3.63, 3.8) is 0 Å². The molecule has 0 unspecified atom stereocenters. The van der Waals surface area contributed by atoms with Crippen LogP contribution >= 0.6 is 0 Å². The van der Waals surface area contributed by atoms with Gasteiger partial charge in [-0.3, -0.25) is 4.79 Å². The summed E-state index contributed by atoms with van der Waals surface area (Å²) >= 11 is 0. The van der Waals surface area contributed by atoms with Crippen molar-refractivity contribution in [3.05, 3.63) is 27.9 Å². The Morgan fingerprint density at radius 3 is 2.69 bits per heavy atom. The number of hydrogen-bond acceptors (Lipinski definition) is 4. The van der Waals surface area contributed by atoms with E-state index in [4.69, 9.17) is 0 Å². The molecule has 1 aliphatic heterocycles. The van der Waals surface area contributed by atoms with Crippen molar-refractivity contribution < 1.29 is 14.8 Å². The van der Waals surface area contributed by atoms with Gasteiger partial charge in [-0.1, -0.05) is 0 Å². The standard InChI is InChI=1S/C9H11N3O4/c1-9(14)4-11(5-9)8(13)6-2-3-7(10-6)12(15)16/h2-3,10,14H,4-5H2,1H3. The van der Waals surface area contributed by atoms with Gasteiger partial charge in [0.2, 0.25) is 0 Å². The van der Waals surface area contributed by atoms with E-state index in [0.717, 1.165) is 0 Å². The maximum absolute atomic E-state index is 11.7. The lowest BCUT2D eigenvalue weighted by atomic mass is 9.97. The number of likely N-dealkylation sites (tertiary alicyclic amines) is 1. The van der Waals surface area contributed by atoms with E-state index in [-0.39, 0.29) is 30.5 Å². The van der Waals surface area contributed by atoms with Crippen LogP contribution in [0.5, 0.6) is 0 Å². The first kappa shape index (κ1) is 10.6. The van der Waals surface area contributed by atoms with E-state index < -0.39 is 10.5 Å². The van der Waals surface area contributed by atoms with E-state index in [9.17, 15) is 20.0 Å².